The smallest absolute Gasteiger partial charge is 0.413 e. The highest BCUT2D eigenvalue weighted by atomic mass is 32.2. The summed E-state index contributed by atoms with van der Waals surface area (Å²) in [6, 6.07) is 8.58. The van der Waals surface area contributed by atoms with Crippen LogP contribution < -0.4 is 10.1 Å². The number of sulfone groups is 1. The van der Waals surface area contributed by atoms with Gasteiger partial charge in [0.05, 0.1) is 10.6 Å². The highest BCUT2D eigenvalue weighted by molar-refractivity contribution is 7.90. The maximum absolute atomic E-state index is 14.4. The van der Waals surface area contributed by atoms with E-state index < -0.39 is 33.6 Å². The van der Waals surface area contributed by atoms with Crippen LogP contribution in [0, 0.1) is 5.82 Å². The lowest BCUT2D eigenvalue weighted by molar-refractivity contribution is -0.0355. The number of hydrogen-bond acceptors (Lipinski definition) is 7. The average molecular weight is 466 g/mol. The molecular weight excluding hydrogens is 437 g/mol. The third-order valence-corrected chi connectivity index (χ3v) is 5.80. The fourth-order valence-corrected chi connectivity index (χ4v) is 3.84. The second kappa shape index (κ2) is 9.32. The van der Waals surface area contributed by atoms with E-state index in [1.54, 1.807) is 23.1 Å². The van der Waals surface area contributed by atoms with Gasteiger partial charge in [-0.25, -0.2) is 17.6 Å². The quantitative estimate of drug-likeness (QED) is 0.695. The fourth-order valence-electron chi connectivity index (χ4n) is 3.21. The van der Waals surface area contributed by atoms with E-state index in [2.05, 4.69) is 10.3 Å². The predicted molar refractivity (Wildman–Crippen MR) is 118 cm³/mol. The van der Waals surface area contributed by atoms with Gasteiger partial charge in [-0.15, -0.1) is 0 Å². The second-order valence-corrected chi connectivity index (χ2v) is 10.7. The van der Waals surface area contributed by atoms with E-state index in [4.69, 9.17) is 9.47 Å². The summed E-state index contributed by atoms with van der Waals surface area (Å²) in [5.41, 5.74) is -0.534. The number of nitrogens with one attached hydrogen (secondary N) is 1. The summed E-state index contributed by atoms with van der Waals surface area (Å²) in [7, 11) is -3.51. The van der Waals surface area contributed by atoms with Gasteiger partial charge in [0.15, 0.2) is 16.1 Å². The number of hydrogen-bond donors (Lipinski definition) is 1. The van der Waals surface area contributed by atoms with Crippen molar-refractivity contribution in [2.45, 2.75) is 56.8 Å². The maximum atomic E-state index is 14.4. The normalized spacial score (nSPS) is 17.0. The molecule has 2 aromatic rings. The van der Waals surface area contributed by atoms with Gasteiger partial charge in [0.25, 0.3) is 0 Å². The van der Waals surface area contributed by atoms with Gasteiger partial charge in [0, 0.05) is 25.3 Å². The molecule has 0 saturated carbocycles. The van der Waals surface area contributed by atoms with Crippen LogP contribution in [0.2, 0.25) is 0 Å². The molecule has 32 heavy (non-hydrogen) atoms. The number of aromatic nitrogens is 1. The molecule has 0 radical (unpaired) electrons. The number of piperidine rings is 1. The third-order valence-electron chi connectivity index (χ3n) is 4.69. The van der Waals surface area contributed by atoms with Gasteiger partial charge in [-0.3, -0.25) is 4.90 Å². The summed E-state index contributed by atoms with van der Waals surface area (Å²) in [6.45, 7) is 5.95. The molecule has 8 nitrogen and oxygen atoms in total. The average Bonchev–Trinajstić information content (AvgIpc) is 2.68. The molecule has 10 heteroatoms. The van der Waals surface area contributed by atoms with Crippen molar-refractivity contribution in [1.29, 1.82) is 0 Å². The number of carbonyl (C=O) groups is 1. The van der Waals surface area contributed by atoms with Crippen molar-refractivity contribution in [3.05, 3.63) is 42.2 Å². The third kappa shape index (κ3) is 6.32. The van der Waals surface area contributed by atoms with Crippen molar-refractivity contribution in [1.82, 2.24) is 9.88 Å². The van der Waals surface area contributed by atoms with Crippen molar-refractivity contribution >= 4 is 27.4 Å². The Labute approximate surface area is 187 Å². The molecule has 0 aliphatic carbocycles. The van der Waals surface area contributed by atoms with Crippen LogP contribution in [-0.2, 0) is 14.6 Å². The molecule has 1 fully saturated rings. The van der Waals surface area contributed by atoms with Crippen LogP contribution >= 0.6 is 0 Å². The highest BCUT2D eigenvalue weighted by Crippen LogP contribution is 2.26. The number of nitrogens with zero attached hydrogens (tertiary/aromatic N) is 2. The first-order valence-electron chi connectivity index (χ1n) is 10.3. The fraction of sp³-hybridized carbons (Fsp3) is 0.455. The Balaban J connectivity index is 1.74. The Morgan fingerprint density at radius 2 is 1.97 bits per heavy atom. The molecule has 0 spiro atoms. The van der Waals surface area contributed by atoms with Crippen LogP contribution in [0.4, 0.5) is 20.7 Å². The van der Waals surface area contributed by atoms with Crippen molar-refractivity contribution < 1.29 is 27.1 Å². The zero-order valence-electron chi connectivity index (χ0n) is 18.6. The van der Waals surface area contributed by atoms with Gasteiger partial charge < -0.3 is 14.8 Å². The number of ether oxygens (including phenoxy) is 2. The Hall–Kier alpha value is -2.88. The van der Waals surface area contributed by atoms with Gasteiger partial charge in [0.1, 0.15) is 17.2 Å². The van der Waals surface area contributed by atoms with Crippen LogP contribution in [0.5, 0.6) is 5.88 Å². The molecule has 1 N–H and O–H groups in total. The minimum Gasteiger partial charge on any atom is -0.453 e. The Morgan fingerprint density at radius 1 is 1.22 bits per heavy atom. The summed E-state index contributed by atoms with van der Waals surface area (Å²) >= 11 is 0. The number of carbonyl (C=O) groups excluding carboxylic acids is 1. The van der Waals surface area contributed by atoms with Crippen molar-refractivity contribution in [3.8, 4) is 5.88 Å². The Bertz CT molecular complexity index is 1090. The molecule has 1 aromatic heterocycles. The van der Waals surface area contributed by atoms with E-state index in [9.17, 15) is 17.6 Å². The number of amides is 1. The zero-order valence-corrected chi connectivity index (χ0v) is 19.4. The number of rotatable bonds is 5. The van der Waals surface area contributed by atoms with Crippen LogP contribution in [0.15, 0.2) is 41.3 Å². The molecule has 1 atom stereocenters. The van der Waals surface area contributed by atoms with E-state index in [1.165, 1.54) is 12.1 Å². The van der Waals surface area contributed by atoms with Gasteiger partial charge >= 0.3 is 6.09 Å². The monoisotopic (exact) mass is 465 g/mol. The van der Waals surface area contributed by atoms with E-state index in [0.29, 0.717) is 18.8 Å². The number of pyridine rings is 1. The van der Waals surface area contributed by atoms with Crippen LogP contribution in [-0.4, -0.2) is 49.0 Å². The van der Waals surface area contributed by atoms with Gasteiger partial charge in [0.2, 0.25) is 5.88 Å². The first kappa shape index (κ1) is 23.8. The molecule has 1 aromatic carbocycles. The molecule has 1 unspecified atom stereocenters. The lowest BCUT2D eigenvalue weighted by Gasteiger charge is -2.36. The molecule has 2 heterocycles. The van der Waals surface area contributed by atoms with Crippen LogP contribution in [0.3, 0.4) is 0 Å². The summed E-state index contributed by atoms with van der Waals surface area (Å²) < 4.78 is 49.0. The molecule has 1 saturated heterocycles. The lowest BCUT2D eigenvalue weighted by atomic mass is 10.1. The highest BCUT2D eigenvalue weighted by Gasteiger charge is 2.32. The molecule has 1 amide bonds. The van der Waals surface area contributed by atoms with E-state index in [0.717, 1.165) is 25.2 Å². The summed E-state index contributed by atoms with van der Waals surface area (Å²) in [4.78, 5) is 18.4. The molecule has 1 aliphatic heterocycles. The summed E-state index contributed by atoms with van der Waals surface area (Å²) in [5.74, 6) is -0.138. The lowest BCUT2D eigenvalue weighted by Crippen LogP contribution is -2.48. The minimum atomic E-state index is -3.51. The summed E-state index contributed by atoms with van der Waals surface area (Å²) in [5, 5.41) is 2.83. The Morgan fingerprint density at radius 3 is 2.62 bits per heavy atom. The van der Waals surface area contributed by atoms with E-state index in [1.807, 2.05) is 20.8 Å². The number of halogens is 1. The SMILES string of the molecule is CC(C)(C)OC(=O)N1CCCCC1Oc1cccc(Nc2ccc(S(C)(=O)=O)cc2F)n1. The number of anilines is 2. The summed E-state index contributed by atoms with van der Waals surface area (Å²) in [6.07, 6.45) is 2.46. The minimum absolute atomic E-state index is 0.0788. The van der Waals surface area contributed by atoms with E-state index in [-0.39, 0.29) is 16.5 Å². The molecule has 1 aliphatic rings. The standard InChI is InChI=1S/C22H28FN3O5S/c1-22(2,3)31-21(27)26-13-6-5-10-20(26)30-19-9-7-8-18(25-19)24-17-12-11-15(14-16(17)23)32(4,28)29/h7-9,11-12,14,20H,5-6,10,13H2,1-4H3,(H,24,25). The van der Waals surface area contributed by atoms with Crippen molar-refractivity contribution in [2.75, 3.05) is 18.1 Å². The van der Waals surface area contributed by atoms with Gasteiger partial charge in [-0.2, -0.15) is 4.98 Å². The first-order valence-corrected chi connectivity index (χ1v) is 12.2. The van der Waals surface area contributed by atoms with Gasteiger partial charge in [-0.1, -0.05) is 6.07 Å². The topological polar surface area (TPSA) is 97.8 Å². The maximum Gasteiger partial charge on any atom is 0.413 e. The molecular formula is C22H28FN3O5S. The van der Waals surface area contributed by atoms with E-state index >= 15 is 0 Å². The van der Waals surface area contributed by atoms with Crippen molar-refractivity contribution in [3.63, 3.8) is 0 Å². The van der Waals surface area contributed by atoms with Crippen LogP contribution in [0.1, 0.15) is 40.0 Å². The molecule has 0 bridgehead atoms. The molecule has 174 valence electrons. The second-order valence-electron chi connectivity index (χ2n) is 8.64. The largest absolute Gasteiger partial charge is 0.453 e. The van der Waals surface area contributed by atoms with Crippen LogP contribution in [0.25, 0.3) is 0 Å². The first-order chi connectivity index (χ1) is 14.9. The predicted octanol–water partition coefficient (Wildman–Crippen LogP) is 4.49. The van der Waals surface area contributed by atoms with Gasteiger partial charge in [-0.05, 0) is 57.9 Å². The molecule has 3 rings (SSSR count). The number of likely N-dealkylation sites (tertiary alicyclic amines) is 1. The van der Waals surface area contributed by atoms with Crippen molar-refractivity contribution in [2.24, 2.45) is 0 Å². The zero-order chi connectivity index (χ0) is 23.5. The Kier molecular flexibility index (Phi) is 6.92. The number of benzene rings is 1.